The van der Waals surface area contributed by atoms with Crippen molar-refractivity contribution in [2.24, 2.45) is 5.92 Å². The van der Waals surface area contributed by atoms with Crippen molar-refractivity contribution in [3.8, 4) is 0 Å². The van der Waals surface area contributed by atoms with Crippen molar-refractivity contribution in [1.82, 2.24) is 0 Å². The molecule has 0 heterocycles. The lowest BCUT2D eigenvalue weighted by Crippen LogP contribution is -2.09. The zero-order chi connectivity index (χ0) is 11.5. The van der Waals surface area contributed by atoms with E-state index < -0.39 is 0 Å². The van der Waals surface area contributed by atoms with E-state index in [0.717, 1.165) is 36.8 Å². The number of Topliss-reactive ketones (excluding diaryl/α,β-unsaturated/α-hetero) is 2. The molecule has 1 unspecified atom stereocenters. The molecule has 16 heavy (non-hydrogen) atoms. The first kappa shape index (κ1) is 11.1. The monoisotopic (exact) mass is 216 g/mol. The topological polar surface area (TPSA) is 34.1 Å². The molecule has 0 N–H and O–H groups in total. The van der Waals surface area contributed by atoms with Crippen LogP contribution in [-0.2, 0) is 11.2 Å². The van der Waals surface area contributed by atoms with Crippen LogP contribution < -0.4 is 0 Å². The maximum atomic E-state index is 11.5. The first-order valence-electron chi connectivity index (χ1n) is 5.79. The fraction of sp³-hybridized carbons (Fsp3) is 0.429. The largest absolute Gasteiger partial charge is 0.299 e. The standard InChI is InChI=1S/C14H16O2/c1-10(15)12-5-2-4-11(8-12)9-13-6-3-7-14(13)16/h2,4-5,8,13H,3,6-7,9H2,1H3. The summed E-state index contributed by atoms with van der Waals surface area (Å²) >= 11 is 0. The molecule has 1 aliphatic carbocycles. The van der Waals surface area contributed by atoms with Crippen LogP contribution in [0, 0.1) is 5.92 Å². The smallest absolute Gasteiger partial charge is 0.159 e. The third kappa shape index (κ3) is 2.38. The molecule has 1 atom stereocenters. The minimum atomic E-state index is 0.0830. The van der Waals surface area contributed by atoms with E-state index in [1.54, 1.807) is 6.92 Å². The molecule has 2 heteroatoms. The molecular formula is C14H16O2. The van der Waals surface area contributed by atoms with Crippen LogP contribution in [0.25, 0.3) is 0 Å². The molecule has 1 aromatic carbocycles. The summed E-state index contributed by atoms with van der Waals surface area (Å²) in [6.45, 7) is 1.57. The van der Waals surface area contributed by atoms with Crippen molar-refractivity contribution >= 4 is 11.6 Å². The molecule has 0 radical (unpaired) electrons. The summed E-state index contributed by atoms with van der Waals surface area (Å²) in [5.41, 5.74) is 1.84. The Morgan fingerprint density at radius 1 is 1.44 bits per heavy atom. The summed E-state index contributed by atoms with van der Waals surface area (Å²) < 4.78 is 0. The van der Waals surface area contributed by atoms with Crippen LogP contribution in [-0.4, -0.2) is 11.6 Å². The fourth-order valence-corrected chi connectivity index (χ4v) is 2.31. The van der Waals surface area contributed by atoms with Gasteiger partial charge in [0.15, 0.2) is 5.78 Å². The molecule has 2 nitrogen and oxygen atoms in total. The Kier molecular flexibility index (Phi) is 3.18. The average Bonchev–Trinajstić information content (AvgIpc) is 2.65. The number of hydrogen-bond acceptors (Lipinski definition) is 2. The zero-order valence-electron chi connectivity index (χ0n) is 9.53. The van der Waals surface area contributed by atoms with Gasteiger partial charge in [0.05, 0.1) is 0 Å². The highest BCUT2D eigenvalue weighted by molar-refractivity contribution is 5.94. The molecular weight excluding hydrogens is 200 g/mol. The molecule has 1 aliphatic rings. The minimum Gasteiger partial charge on any atom is -0.299 e. The first-order valence-corrected chi connectivity index (χ1v) is 5.79. The number of benzene rings is 1. The van der Waals surface area contributed by atoms with Crippen LogP contribution in [0.5, 0.6) is 0 Å². The Morgan fingerprint density at radius 3 is 2.88 bits per heavy atom. The van der Waals surface area contributed by atoms with Crippen LogP contribution in [0.3, 0.4) is 0 Å². The highest BCUT2D eigenvalue weighted by Crippen LogP contribution is 2.25. The van der Waals surface area contributed by atoms with E-state index in [1.165, 1.54) is 0 Å². The van der Waals surface area contributed by atoms with E-state index in [4.69, 9.17) is 0 Å². The van der Waals surface area contributed by atoms with Crippen LogP contribution in [0.15, 0.2) is 24.3 Å². The molecule has 1 aromatic rings. The van der Waals surface area contributed by atoms with Gasteiger partial charge in [-0.05, 0) is 37.8 Å². The number of hydrogen-bond donors (Lipinski definition) is 0. The van der Waals surface area contributed by atoms with Gasteiger partial charge in [0.25, 0.3) is 0 Å². The highest BCUT2D eigenvalue weighted by Gasteiger charge is 2.24. The van der Waals surface area contributed by atoms with E-state index in [0.29, 0.717) is 5.78 Å². The number of rotatable bonds is 3. The predicted molar refractivity (Wildman–Crippen MR) is 62.5 cm³/mol. The lowest BCUT2D eigenvalue weighted by Gasteiger charge is -2.08. The Bertz CT molecular complexity index is 420. The summed E-state index contributed by atoms with van der Waals surface area (Å²) in [5.74, 6) is 0.648. The SMILES string of the molecule is CC(=O)c1cccc(CC2CCCC2=O)c1. The Hall–Kier alpha value is -1.44. The van der Waals surface area contributed by atoms with E-state index in [9.17, 15) is 9.59 Å². The number of ketones is 2. The summed E-state index contributed by atoms with van der Waals surface area (Å²) in [6.07, 6.45) is 3.55. The van der Waals surface area contributed by atoms with Gasteiger partial charge in [-0.1, -0.05) is 18.2 Å². The first-order chi connectivity index (χ1) is 7.66. The molecule has 1 fully saturated rings. The van der Waals surface area contributed by atoms with Gasteiger partial charge in [0, 0.05) is 17.9 Å². The van der Waals surface area contributed by atoms with Crippen LogP contribution >= 0.6 is 0 Å². The van der Waals surface area contributed by atoms with Crippen molar-refractivity contribution in [1.29, 1.82) is 0 Å². The molecule has 0 bridgehead atoms. The maximum Gasteiger partial charge on any atom is 0.159 e. The van der Waals surface area contributed by atoms with Crippen LogP contribution in [0.4, 0.5) is 0 Å². The molecule has 0 aromatic heterocycles. The fourth-order valence-electron chi connectivity index (χ4n) is 2.31. The van der Waals surface area contributed by atoms with Gasteiger partial charge in [0.1, 0.15) is 5.78 Å². The van der Waals surface area contributed by atoms with Gasteiger partial charge >= 0.3 is 0 Å². The zero-order valence-corrected chi connectivity index (χ0v) is 9.53. The van der Waals surface area contributed by atoms with Gasteiger partial charge in [-0.15, -0.1) is 0 Å². The van der Waals surface area contributed by atoms with E-state index in [-0.39, 0.29) is 11.7 Å². The second kappa shape index (κ2) is 4.60. The van der Waals surface area contributed by atoms with E-state index >= 15 is 0 Å². The normalized spacial score (nSPS) is 20.1. The van der Waals surface area contributed by atoms with Gasteiger partial charge in [-0.2, -0.15) is 0 Å². The third-order valence-corrected chi connectivity index (χ3v) is 3.25. The molecule has 0 amide bonds. The number of carbonyl (C=O) groups is 2. The predicted octanol–water partition coefficient (Wildman–Crippen LogP) is 2.80. The summed E-state index contributed by atoms with van der Waals surface area (Å²) in [6, 6.07) is 7.62. The summed E-state index contributed by atoms with van der Waals surface area (Å²) in [4.78, 5) is 22.8. The Morgan fingerprint density at radius 2 is 2.25 bits per heavy atom. The van der Waals surface area contributed by atoms with Gasteiger partial charge < -0.3 is 0 Å². The molecule has 1 saturated carbocycles. The molecule has 0 spiro atoms. The van der Waals surface area contributed by atoms with E-state index in [2.05, 4.69) is 0 Å². The molecule has 84 valence electrons. The second-order valence-corrected chi connectivity index (χ2v) is 4.52. The second-order valence-electron chi connectivity index (χ2n) is 4.52. The van der Waals surface area contributed by atoms with Crippen molar-refractivity contribution in [2.75, 3.05) is 0 Å². The summed E-state index contributed by atoms with van der Waals surface area (Å²) in [5, 5.41) is 0. The van der Waals surface area contributed by atoms with Crippen molar-refractivity contribution in [2.45, 2.75) is 32.6 Å². The molecule has 0 aliphatic heterocycles. The number of carbonyl (C=O) groups excluding carboxylic acids is 2. The van der Waals surface area contributed by atoms with Gasteiger partial charge in [-0.25, -0.2) is 0 Å². The van der Waals surface area contributed by atoms with Crippen molar-refractivity contribution < 1.29 is 9.59 Å². The lowest BCUT2D eigenvalue weighted by molar-refractivity contribution is -0.120. The lowest BCUT2D eigenvalue weighted by atomic mass is 9.95. The quantitative estimate of drug-likeness (QED) is 0.728. The average molecular weight is 216 g/mol. The Labute approximate surface area is 95.7 Å². The van der Waals surface area contributed by atoms with Crippen molar-refractivity contribution in [3.63, 3.8) is 0 Å². The highest BCUT2D eigenvalue weighted by atomic mass is 16.1. The van der Waals surface area contributed by atoms with Gasteiger partial charge in [0.2, 0.25) is 0 Å². The van der Waals surface area contributed by atoms with Gasteiger partial charge in [-0.3, -0.25) is 9.59 Å². The van der Waals surface area contributed by atoms with Crippen molar-refractivity contribution in [3.05, 3.63) is 35.4 Å². The minimum absolute atomic E-state index is 0.0830. The third-order valence-electron chi connectivity index (χ3n) is 3.25. The molecule has 0 saturated heterocycles. The van der Waals surface area contributed by atoms with Crippen LogP contribution in [0.1, 0.15) is 42.1 Å². The summed E-state index contributed by atoms with van der Waals surface area (Å²) in [7, 11) is 0. The van der Waals surface area contributed by atoms with E-state index in [1.807, 2.05) is 24.3 Å². The van der Waals surface area contributed by atoms with Crippen LogP contribution in [0.2, 0.25) is 0 Å². The molecule has 2 rings (SSSR count). The Balaban J connectivity index is 2.12. The maximum absolute atomic E-state index is 11.5.